The lowest BCUT2D eigenvalue weighted by Crippen LogP contribution is -2.44. The van der Waals surface area contributed by atoms with Crippen molar-refractivity contribution in [3.8, 4) is 0 Å². The second-order valence-electron chi connectivity index (χ2n) is 5.75. The number of H-pyrrole nitrogens is 1. The predicted molar refractivity (Wildman–Crippen MR) is 80.5 cm³/mol. The van der Waals surface area contributed by atoms with E-state index in [0.717, 1.165) is 0 Å². The fraction of sp³-hybridized carbons (Fsp3) is 0.429. The van der Waals surface area contributed by atoms with Crippen LogP contribution < -0.4 is 5.32 Å². The van der Waals surface area contributed by atoms with E-state index in [1.165, 1.54) is 18.2 Å². The molecule has 0 radical (unpaired) electrons. The van der Waals surface area contributed by atoms with Crippen LogP contribution in [0.15, 0.2) is 18.2 Å². The standard InChI is InChI=1S/C14H18N4O4/c1-8(2)14(3,20)7-15-13(19)12-10-6-9(18(21)22)4-5-11(10)16-17-12/h4-6,8,20H,7H2,1-3H3,(H,15,19)(H,16,17). The third kappa shape index (κ3) is 3.06. The van der Waals surface area contributed by atoms with E-state index < -0.39 is 16.4 Å². The molecule has 3 N–H and O–H groups in total. The van der Waals surface area contributed by atoms with Gasteiger partial charge in [-0.15, -0.1) is 0 Å². The summed E-state index contributed by atoms with van der Waals surface area (Å²) in [6.45, 7) is 5.39. The van der Waals surface area contributed by atoms with Crippen LogP contribution in [0.2, 0.25) is 0 Å². The number of amides is 1. The van der Waals surface area contributed by atoms with Gasteiger partial charge in [-0.3, -0.25) is 20.0 Å². The van der Waals surface area contributed by atoms with Crippen LogP contribution in [0.4, 0.5) is 5.69 Å². The summed E-state index contributed by atoms with van der Waals surface area (Å²) < 4.78 is 0. The average molecular weight is 306 g/mol. The number of fused-ring (bicyclic) bond motifs is 1. The molecule has 2 rings (SSSR count). The molecular weight excluding hydrogens is 288 g/mol. The Hall–Kier alpha value is -2.48. The number of aromatic nitrogens is 2. The second kappa shape index (κ2) is 5.72. The Kier molecular flexibility index (Phi) is 4.14. The summed E-state index contributed by atoms with van der Waals surface area (Å²) in [6, 6.07) is 4.14. The van der Waals surface area contributed by atoms with Gasteiger partial charge in [0.05, 0.1) is 16.0 Å². The molecule has 2 aromatic rings. The molecule has 1 amide bonds. The number of aromatic amines is 1. The van der Waals surface area contributed by atoms with Crippen molar-refractivity contribution in [1.82, 2.24) is 15.5 Å². The number of benzene rings is 1. The SMILES string of the molecule is CC(C)C(C)(O)CNC(=O)c1n[nH]c2ccc([N+](=O)[O-])cc12. The van der Waals surface area contributed by atoms with Gasteiger partial charge in [-0.1, -0.05) is 13.8 Å². The first-order chi connectivity index (χ1) is 10.2. The number of nitro groups is 1. The maximum atomic E-state index is 12.2. The molecule has 118 valence electrons. The number of carbonyl (C=O) groups excluding carboxylic acids is 1. The van der Waals surface area contributed by atoms with Crippen molar-refractivity contribution in [3.05, 3.63) is 34.0 Å². The van der Waals surface area contributed by atoms with Crippen LogP contribution in [0.25, 0.3) is 10.9 Å². The number of non-ortho nitro benzene ring substituents is 1. The van der Waals surface area contributed by atoms with E-state index in [-0.39, 0.29) is 23.8 Å². The Balaban J connectivity index is 2.25. The molecule has 1 aromatic heterocycles. The number of hydrogen-bond donors (Lipinski definition) is 3. The van der Waals surface area contributed by atoms with E-state index in [1.807, 2.05) is 13.8 Å². The first-order valence-electron chi connectivity index (χ1n) is 6.85. The first-order valence-corrected chi connectivity index (χ1v) is 6.85. The molecule has 0 bridgehead atoms. The van der Waals surface area contributed by atoms with Gasteiger partial charge in [0.25, 0.3) is 11.6 Å². The van der Waals surface area contributed by atoms with Crippen molar-refractivity contribution in [2.24, 2.45) is 5.92 Å². The van der Waals surface area contributed by atoms with Crippen LogP contribution in [0.3, 0.4) is 0 Å². The van der Waals surface area contributed by atoms with Gasteiger partial charge < -0.3 is 10.4 Å². The van der Waals surface area contributed by atoms with E-state index in [9.17, 15) is 20.0 Å². The summed E-state index contributed by atoms with van der Waals surface area (Å²) in [5.41, 5.74) is -0.560. The zero-order chi connectivity index (χ0) is 16.5. The van der Waals surface area contributed by atoms with Gasteiger partial charge >= 0.3 is 0 Å². The molecule has 1 heterocycles. The molecule has 0 fully saturated rings. The minimum Gasteiger partial charge on any atom is -0.388 e. The Morgan fingerprint density at radius 3 is 2.82 bits per heavy atom. The quantitative estimate of drug-likeness (QED) is 0.572. The number of nitrogens with zero attached hydrogens (tertiary/aromatic N) is 2. The molecule has 0 aliphatic heterocycles. The molecule has 8 nitrogen and oxygen atoms in total. The Bertz CT molecular complexity index is 721. The highest BCUT2D eigenvalue weighted by Crippen LogP contribution is 2.22. The lowest BCUT2D eigenvalue weighted by atomic mass is 9.92. The minimum absolute atomic E-state index is 0.0372. The van der Waals surface area contributed by atoms with Gasteiger partial charge in [0.2, 0.25) is 0 Å². The summed E-state index contributed by atoms with van der Waals surface area (Å²) in [6.07, 6.45) is 0. The lowest BCUT2D eigenvalue weighted by molar-refractivity contribution is -0.384. The zero-order valence-electron chi connectivity index (χ0n) is 12.6. The summed E-state index contributed by atoms with van der Waals surface area (Å²) in [5, 5.41) is 30.5. The summed E-state index contributed by atoms with van der Waals surface area (Å²) >= 11 is 0. The van der Waals surface area contributed by atoms with Gasteiger partial charge in [0.15, 0.2) is 5.69 Å². The van der Waals surface area contributed by atoms with Crippen molar-refractivity contribution in [2.75, 3.05) is 6.54 Å². The van der Waals surface area contributed by atoms with Crippen LogP contribution in [0.1, 0.15) is 31.3 Å². The minimum atomic E-state index is -1.05. The molecule has 0 aliphatic carbocycles. The van der Waals surface area contributed by atoms with E-state index >= 15 is 0 Å². The molecule has 8 heteroatoms. The lowest BCUT2D eigenvalue weighted by Gasteiger charge is -2.27. The second-order valence-corrected chi connectivity index (χ2v) is 5.75. The summed E-state index contributed by atoms with van der Waals surface area (Å²) in [5.74, 6) is -0.530. The third-order valence-corrected chi connectivity index (χ3v) is 3.82. The van der Waals surface area contributed by atoms with E-state index in [1.54, 1.807) is 6.92 Å². The maximum absolute atomic E-state index is 12.2. The Morgan fingerprint density at radius 1 is 1.55 bits per heavy atom. The molecule has 22 heavy (non-hydrogen) atoms. The molecule has 0 spiro atoms. The molecule has 0 aliphatic rings. The van der Waals surface area contributed by atoms with Crippen LogP contribution >= 0.6 is 0 Å². The topological polar surface area (TPSA) is 121 Å². The number of hydrogen-bond acceptors (Lipinski definition) is 5. The molecule has 0 saturated carbocycles. The number of aliphatic hydroxyl groups is 1. The van der Waals surface area contributed by atoms with Crippen LogP contribution in [0.5, 0.6) is 0 Å². The predicted octanol–water partition coefficient (Wildman–Crippen LogP) is 1.61. The van der Waals surface area contributed by atoms with Crippen molar-refractivity contribution < 1.29 is 14.8 Å². The largest absolute Gasteiger partial charge is 0.388 e. The third-order valence-electron chi connectivity index (χ3n) is 3.82. The molecule has 0 saturated heterocycles. The average Bonchev–Trinajstić information content (AvgIpc) is 2.87. The van der Waals surface area contributed by atoms with E-state index in [4.69, 9.17) is 0 Å². The van der Waals surface area contributed by atoms with Crippen molar-refractivity contribution in [2.45, 2.75) is 26.4 Å². The highest BCUT2D eigenvalue weighted by Gasteiger charge is 2.26. The van der Waals surface area contributed by atoms with Gasteiger partial charge in [0.1, 0.15) is 0 Å². The summed E-state index contributed by atoms with van der Waals surface area (Å²) in [7, 11) is 0. The van der Waals surface area contributed by atoms with Crippen molar-refractivity contribution in [3.63, 3.8) is 0 Å². The zero-order valence-corrected chi connectivity index (χ0v) is 12.6. The van der Waals surface area contributed by atoms with Crippen LogP contribution in [-0.2, 0) is 0 Å². The normalized spacial score (nSPS) is 14.0. The van der Waals surface area contributed by atoms with Gasteiger partial charge in [-0.05, 0) is 18.9 Å². The molecule has 1 aromatic carbocycles. The van der Waals surface area contributed by atoms with Crippen molar-refractivity contribution >= 4 is 22.5 Å². The Morgan fingerprint density at radius 2 is 2.23 bits per heavy atom. The van der Waals surface area contributed by atoms with Gasteiger partial charge in [0, 0.05) is 24.1 Å². The Labute approximate surface area is 126 Å². The molecular formula is C14H18N4O4. The van der Waals surface area contributed by atoms with E-state index in [2.05, 4.69) is 15.5 Å². The first kappa shape index (κ1) is 15.9. The monoisotopic (exact) mass is 306 g/mol. The number of rotatable bonds is 5. The number of nitrogens with one attached hydrogen (secondary N) is 2. The summed E-state index contributed by atoms with van der Waals surface area (Å²) in [4.78, 5) is 22.5. The highest BCUT2D eigenvalue weighted by molar-refractivity contribution is 6.05. The highest BCUT2D eigenvalue weighted by atomic mass is 16.6. The molecule has 1 atom stereocenters. The fourth-order valence-corrected chi connectivity index (χ4v) is 1.84. The van der Waals surface area contributed by atoms with Crippen LogP contribution in [0, 0.1) is 16.0 Å². The van der Waals surface area contributed by atoms with Crippen molar-refractivity contribution in [1.29, 1.82) is 0 Å². The van der Waals surface area contributed by atoms with Crippen LogP contribution in [-0.4, -0.2) is 38.3 Å². The van der Waals surface area contributed by atoms with Gasteiger partial charge in [-0.2, -0.15) is 5.10 Å². The smallest absolute Gasteiger partial charge is 0.272 e. The fourth-order valence-electron chi connectivity index (χ4n) is 1.84. The van der Waals surface area contributed by atoms with Gasteiger partial charge in [-0.25, -0.2) is 0 Å². The number of carbonyl (C=O) groups is 1. The van der Waals surface area contributed by atoms with E-state index in [0.29, 0.717) is 10.9 Å². The number of nitro benzene ring substituents is 1. The molecule has 1 unspecified atom stereocenters. The maximum Gasteiger partial charge on any atom is 0.272 e.